The number of hydrogen-bond acceptors (Lipinski definition) is 4. The smallest absolute Gasteiger partial charge is 0.267 e. The predicted octanol–water partition coefficient (Wildman–Crippen LogP) is 3.51. The molecule has 0 spiro atoms. The minimum absolute atomic E-state index is 0.0464. The van der Waals surface area contributed by atoms with Gasteiger partial charge in [-0.15, -0.1) is 0 Å². The lowest BCUT2D eigenvalue weighted by Gasteiger charge is -2.44. The van der Waals surface area contributed by atoms with Crippen molar-refractivity contribution < 1.29 is 14.3 Å². The molecule has 3 heterocycles. The summed E-state index contributed by atoms with van der Waals surface area (Å²) < 4.78 is 12.1. The van der Waals surface area contributed by atoms with Crippen LogP contribution in [-0.4, -0.2) is 54.7 Å². The number of nitrogens with zero attached hydrogens (tertiary/aromatic N) is 1. The van der Waals surface area contributed by atoms with Crippen LogP contribution in [0.3, 0.4) is 0 Å². The molecule has 0 aliphatic carbocycles. The average Bonchev–Trinajstić information content (AvgIpc) is 3.23. The zero-order valence-corrected chi connectivity index (χ0v) is 17.0. The number of nitrogens with one attached hydrogen (secondary N) is 2. The number of aromatic nitrogens is 1. The minimum atomic E-state index is -0.0464. The van der Waals surface area contributed by atoms with Crippen LogP contribution in [0, 0.1) is 0 Å². The Balaban J connectivity index is 1.10. The molecule has 30 heavy (non-hydrogen) atoms. The van der Waals surface area contributed by atoms with E-state index >= 15 is 0 Å². The Kier molecular flexibility index (Phi) is 5.43. The van der Waals surface area contributed by atoms with Gasteiger partial charge in [0.2, 0.25) is 0 Å². The Bertz CT molecular complexity index is 998. The first-order chi connectivity index (χ1) is 14.8. The van der Waals surface area contributed by atoms with Crippen molar-refractivity contribution in [1.29, 1.82) is 0 Å². The molecule has 3 aromatic rings. The molecular weight excluding hydrogens is 378 g/mol. The number of ether oxygens (including phenoxy) is 2. The van der Waals surface area contributed by atoms with Crippen molar-refractivity contribution in [1.82, 2.24) is 15.2 Å². The van der Waals surface area contributed by atoms with Crippen molar-refractivity contribution in [3.63, 3.8) is 0 Å². The van der Waals surface area contributed by atoms with E-state index in [-0.39, 0.29) is 18.1 Å². The maximum atomic E-state index is 12.4. The lowest BCUT2D eigenvalue weighted by Crippen LogP contribution is -2.52. The molecule has 6 nitrogen and oxygen atoms in total. The van der Waals surface area contributed by atoms with Crippen LogP contribution in [0.15, 0.2) is 54.6 Å². The Morgan fingerprint density at radius 3 is 2.93 bits per heavy atom. The second-order valence-corrected chi connectivity index (χ2v) is 7.98. The summed E-state index contributed by atoms with van der Waals surface area (Å²) in [7, 11) is 0. The molecule has 0 radical (unpaired) electrons. The normalized spacial score (nSPS) is 20.9. The van der Waals surface area contributed by atoms with Crippen molar-refractivity contribution in [3.05, 3.63) is 65.9 Å². The number of amides is 1. The van der Waals surface area contributed by atoms with E-state index in [0.29, 0.717) is 18.8 Å². The fraction of sp³-hybridized carbons (Fsp3) is 0.375. The maximum Gasteiger partial charge on any atom is 0.267 e. The van der Waals surface area contributed by atoms with Crippen LogP contribution in [0.5, 0.6) is 5.75 Å². The van der Waals surface area contributed by atoms with Gasteiger partial charge in [-0.3, -0.25) is 9.69 Å². The molecule has 1 saturated heterocycles. The van der Waals surface area contributed by atoms with Crippen molar-refractivity contribution in [2.75, 3.05) is 32.8 Å². The van der Waals surface area contributed by atoms with Gasteiger partial charge in [-0.1, -0.05) is 36.4 Å². The molecule has 6 heteroatoms. The fourth-order valence-corrected chi connectivity index (χ4v) is 4.49. The number of morpholine rings is 1. The molecular formula is C24H27N3O3. The molecule has 2 aliphatic rings. The first-order valence-corrected chi connectivity index (χ1v) is 10.7. The highest BCUT2D eigenvalue weighted by Crippen LogP contribution is 2.38. The third-order valence-corrected chi connectivity index (χ3v) is 6.06. The van der Waals surface area contributed by atoms with E-state index in [2.05, 4.69) is 21.3 Å². The van der Waals surface area contributed by atoms with Gasteiger partial charge in [0.1, 0.15) is 24.2 Å². The average molecular weight is 405 g/mol. The molecule has 156 valence electrons. The van der Waals surface area contributed by atoms with Gasteiger partial charge in [0.05, 0.1) is 12.6 Å². The highest BCUT2D eigenvalue weighted by Gasteiger charge is 2.38. The van der Waals surface area contributed by atoms with E-state index in [1.165, 1.54) is 0 Å². The number of hydrogen-bond donors (Lipinski definition) is 2. The first kappa shape index (κ1) is 19.2. The lowest BCUT2D eigenvalue weighted by molar-refractivity contribution is -0.0960. The first-order valence-electron chi connectivity index (χ1n) is 10.7. The number of carbonyl (C=O) groups excluding carboxylic acids is 1. The van der Waals surface area contributed by atoms with Crippen LogP contribution in [0.25, 0.3) is 10.9 Å². The second-order valence-electron chi connectivity index (χ2n) is 7.98. The van der Waals surface area contributed by atoms with Crippen molar-refractivity contribution in [2.45, 2.75) is 25.0 Å². The summed E-state index contributed by atoms with van der Waals surface area (Å²) in [6.07, 6.45) is 2.06. The highest BCUT2D eigenvalue weighted by molar-refractivity contribution is 5.97. The largest absolute Gasteiger partial charge is 0.491 e. The van der Waals surface area contributed by atoms with Gasteiger partial charge in [0.15, 0.2) is 0 Å². The quantitative estimate of drug-likeness (QED) is 0.616. The van der Waals surface area contributed by atoms with Crippen molar-refractivity contribution >= 4 is 16.8 Å². The molecule has 1 fully saturated rings. The van der Waals surface area contributed by atoms with Gasteiger partial charge in [0, 0.05) is 29.6 Å². The van der Waals surface area contributed by atoms with E-state index < -0.39 is 0 Å². The van der Waals surface area contributed by atoms with Gasteiger partial charge in [-0.25, -0.2) is 0 Å². The standard InChI is InChI=1S/C24H27N3O3/c28-24(20-15-17-7-1-3-9-19(17)26-20)25-11-5-6-12-27-13-14-29-23-18-8-2-4-10-22(18)30-16-21(23)27/h1-4,7-10,15,21,23,26H,5-6,11-14,16H2,(H,25,28)/t21-,23-/m1/s1. The Morgan fingerprint density at radius 1 is 1.13 bits per heavy atom. The summed E-state index contributed by atoms with van der Waals surface area (Å²) in [5.41, 5.74) is 2.76. The number of rotatable bonds is 6. The number of aromatic amines is 1. The van der Waals surface area contributed by atoms with Gasteiger partial charge in [0.25, 0.3) is 5.91 Å². The number of fused-ring (bicyclic) bond motifs is 4. The molecule has 5 rings (SSSR count). The summed E-state index contributed by atoms with van der Waals surface area (Å²) in [6, 6.07) is 18.3. The van der Waals surface area contributed by atoms with Crippen molar-refractivity contribution in [3.8, 4) is 5.75 Å². The van der Waals surface area contributed by atoms with Crippen LogP contribution in [0.1, 0.15) is 35.0 Å². The third-order valence-electron chi connectivity index (χ3n) is 6.06. The molecule has 2 aromatic carbocycles. The molecule has 2 aliphatic heterocycles. The van der Waals surface area contributed by atoms with E-state index in [1.54, 1.807) is 0 Å². The molecule has 1 amide bonds. The molecule has 2 N–H and O–H groups in total. The topological polar surface area (TPSA) is 66.6 Å². The molecule has 0 saturated carbocycles. The number of para-hydroxylation sites is 2. The third kappa shape index (κ3) is 3.80. The zero-order valence-electron chi connectivity index (χ0n) is 17.0. The van der Waals surface area contributed by atoms with Crippen molar-refractivity contribution in [2.24, 2.45) is 0 Å². The van der Waals surface area contributed by atoms with Gasteiger partial charge in [-0.05, 0) is 37.6 Å². The van der Waals surface area contributed by atoms with E-state index in [1.807, 2.05) is 48.5 Å². The van der Waals surface area contributed by atoms with Crippen LogP contribution in [0.4, 0.5) is 0 Å². The Morgan fingerprint density at radius 2 is 2.00 bits per heavy atom. The minimum Gasteiger partial charge on any atom is -0.491 e. The number of H-pyrrole nitrogens is 1. The fourth-order valence-electron chi connectivity index (χ4n) is 4.49. The van der Waals surface area contributed by atoms with Crippen LogP contribution >= 0.6 is 0 Å². The Hall–Kier alpha value is -2.83. The SMILES string of the molecule is O=C(NCCCCN1CCO[C@@H]2c3ccccc3OC[C@H]21)c1cc2ccccc2[nH]1. The van der Waals surface area contributed by atoms with Gasteiger partial charge < -0.3 is 19.8 Å². The summed E-state index contributed by atoms with van der Waals surface area (Å²) >= 11 is 0. The summed E-state index contributed by atoms with van der Waals surface area (Å²) in [4.78, 5) is 18.1. The Labute approximate surface area is 176 Å². The number of carbonyl (C=O) groups is 1. The second kappa shape index (κ2) is 8.50. The molecule has 0 bridgehead atoms. The van der Waals surface area contributed by atoms with E-state index in [0.717, 1.165) is 54.8 Å². The zero-order chi connectivity index (χ0) is 20.3. The van der Waals surface area contributed by atoms with Gasteiger partial charge in [-0.2, -0.15) is 0 Å². The van der Waals surface area contributed by atoms with Crippen LogP contribution in [-0.2, 0) is 4.74 Å². The molecule has 2 atom stereocenters. The summed E-state index contributed by atoms with van der Waals surface area (Å²) in [5, 5.41) is 4.09. The monoisotopic (exact) mass is 405 g/mol. The highest BCUT2D eigenvalue weighted by atomic mass is 16.5. The number of unbranched alkanes of at least 4 members (excludes halogenated alkanes) is 1. The molecule has 0 unspecified atom stereocenters. The summed E-state index contributed by atoms with van der Waals surface area (Å²) in [6.45, 7) is 3.99. The summed E-state index contributed by atoms with van der Waals surface area (Å²) in [5.74, 6) is 0.898. The predicted molar refractivity (Wildman–Crippen MR) is 116 cm³/mol. The van der Waals surface area contributed by atoms with Crippen LogP contribution < -0.4 is 10.1 Å². The molecule has 1 aromatic heterocycles. The van der Waals surface area contributed by atoms with E-state index in [9.17, 15) is 4.79 Å². The lowest BCUT2D eigenvalue weighted by atomic mass is 9.96. The van der Waals surface area contributed by atoms with E-state index in [4.69, 9.17) is 9.47 Å². The number of benzene rings is 2. The maximum absolute atomic E-state index is 12.4. The van der Waals surface area contributed by atoms with Crippen LogP contribution in [0.2, 0.25) is 0 Å². The van der Waals surface area contributed by atoms with Gasteiger partial charge >= 0.3 is 0 Å².